The third-order valence-electron chi connectivity index (χ3n) is 5.10. The van der Waals surface area contributed by atoms with Crippen molar-refractivity contribution in [1.29, 1.82) is 0 Å². The largest absolute Gasteiger partial charge is 0.872 e. The minimum absolute atomic E-state index is 0.0444. The molecule has 6 nitrogen and oxygen atoms in total. The first-order chi connectivity index (χ1) is 13.8. The Hall–Kier alpha value is -2.64. The smallest absolute Gasteiger partial charge is 0.295 e. The Balaban J connectivity index is 2.06. The van der Waals surface area contributed by atoms with E-state index in [1.807, 2.05) is 31.6 Å². The molecule has 3 rings (SSSR count). The standard InChI is InChI=1S/C22H26N2O4S/c1-14-13-15(28-4)8-9-16(14)20(25)18-19(17-7-5-12-29-17)24(22(27)21(18)26)11-6-10-23(2)3/h5,7-9,12-13,19,25H,6,10-11H2,1-4H3. The normalized spacial score (nSPS) is 18.7. The molecule has 1 aliphatic heterocycles. The molecule has 1 amide bonds. The van der Waals surface area contributed by atoms with Crippen LogP contribution in [0.3, 0.4) is 0 Å². The number of rotatable bonds is 7. The molecule has 1 saturated heterocycles. The van der Waals surface area contributed by atoms with E-state index in [9.17, 15) is 14.7 Å². The van der Waals surface area contributed by atoms with Gasteiger partial charge in [-0.05, 0) is 41.6 Å². The number of methoxy groups -OCH3 is 1. The second-order valence-electron chi connectivity index (χ2n) is 7.48. The number of nitrogens with zero attached hydrogens (tertiary/aromatic N) is 1. The van der Waals surface area contributed by atoms with Crippen molar-refractivity contribution in [3.8, 4) is 5.75 Å². The van der Waals surface area contributed by atoms with E-state index >= 15 is 0 Å². The first kappa shape index (κ1) is 21.1. The molecule has 2 aromatic rings. The second kappa shape index (κ2) is 8.80. The number of thiophene rings is 1. The highest BCUT2D eigenvalue weighted by Gasteiger charge is 2.44. The Morgan fingerprint density at radius 3 is 2.62 bits per heavy atom. The third-order valence-corrected chi connectivity index (χ3v) is 6.02. The first-order valence-corrected chi connectivity index (χ1v) is 10.5. The molecule has 0 saturated carbocycles. The predicted octanol–water partition coefficient (Wildman–Crippen LogP) is 0.824. The number of carbonyl (C=O) groups excluding carboxylic acids is 2. The number of aryl methyl sites for hydroxylation is 1. The van der Waals surface area contributed by atoms with Crippen molar-refractivity contribution < 1.29 is 24.3 Å². The lowest BCUT2D eigenvalue weighted by molar-refractivity contribution is -0.858. The van der Waals surface area contributed by atoms with Crippen LogP contribution in [-0.4, -0.2) is 50.9 Å². The average Bonchev–Trinajstić information content (AvgIpc) is 3.29. The lowest BCUT2D eigenvalue weighted by Crippen LogP contribution is -3.05. The molecule has 1 atom stereocenters. The summed E-state index contributed by atoms with van der Waals surface area (Å²) in [4.78, 5) is 29.3. The summed E-state index contributed by atoms with van der Waals surface area (Å²) in [7, 11) is 5.65. The van der Waals surface area contributed by atoms with E-state index in [4.69, 9.17) is 4.74 Å². The topological polar surface area (TPSA) is 74.1 Å². The Morgan fingerprint density at radius 1 is 1.28 bits per heavy atom. The van der Waals surface area contributed by atoms with Gasteiger partial charge in [-0.15, -0.1) is 11.3 Å². The summed E-state index contributed by atoms with van der Waals surface area (Å²) in [6.45, 7) is 3.11. The van der Waals surface area contributed by atoms with Gasteiger partial charge in [0.05, 0.1) is 33.8 Å². The maximum Gasteiger partial charge on any atom is 0.295 e. The van der Waals surface area contributed by atoms with Gasteiger partial charge in [0.15, 0.2) is 0 Å². The Kier molecular flexibility index (Phi) is 6.39. The highest BCUT2D eigenvalue weighted by molar-refractivity contribution is 7.10. The fraction of sp³-hybridized carbons (Fsp3) is 0.364. The van der Waals surface area contributed by atoms with Crippen LogP contribution in [-0.2, 0) is 9.59 Å². The highest BCUT2D eigenvalue weighted by atomic mass is 32.1. The molecule has 1 aromatic carbocycles. The van der Waals surface area contributed by atoms with Crippen LogP contribution in [0.5, 0.6) is 5.75 Å². The van der Waals surface area contributed by atoms with E-state index < -0.39 is 17.7 Å². The quantitative estimate of drug-likeness (QED) is 0.414. The molecule has 7 heteroatoms. The van der Waals surface area contributed by atoms with E-state index in [1.54, 1.807) is 37.1 Å². The number of Topliss-reactive ketones (excluding diaryl/α,β-unsaturated/α-hetero) is 1. The molecular weight excluding hydrogens is 388 g/mol. The van der Waals surface area contributed by atoms with Crippen LogP contribution in [0, 0.1) is 6.92 Å². The number of likely N-dealkylation sites (tertiary alicyclic amines) is 1. The number of ether oxygens (including phenoxy) is 1. The molecule has 1 aliphatic rings. The molecule has 29 heavy (non-hydrogen) atoms. The van der Waals surface area contributed by atoms with Crippen LogP contribution in [0.4, 0.5) is 0 Å². The maximum atomic E-state index is 13.4. The van der Waals surface area contributed by atoms with Crippen molar-refractivity contribution in [2.75, 3.05) is 34.3 Å². The van der Waals surface area contributed by atoms with Gasteiger partial charge < -0.3 is 19.6 Å². The van der Waals surface area contributed by atoms with Crippen molar-refractivity contribution in [3.63, 3.8) is 0 Å². The van der Waals surface area contributed by atoms with Gasteiger partial charge >= 0.3 is 0 Å². The molecule has 1 aromatic heterocycles. The van der Waals surface area contributed by atoms with Gasteiger partial charge in [-0.25, -0.2) is 0 Å². The van der Waals surface area contributed by atoms with Gasteiger partial charge in [0, 0.05) is 23.4 Å². The molecule has 154 valence electrons. The van der Waals surface area contributed by atoms with E-state index in [-0.39, 0.29) is 11.3 Å². The Morgan fingerprint density at radius 2 is 2.03 bits per heavy atom. The first-order valence-electron chi connectivity index (χ1n) is 9.59. The number of quaternary nitrogens is 1. The summed E-state index contributed by atoms with van der Waals surface area (Å²) < 4.78 is 5.21. The zero-order chi connectivity index (χ0) is 21.1. The summed E-state index contributed by atoms with van der Waals surface area (Å²) >= 11 is 1.45. The van der Waals surface area contributed by atoms with Gasteiger partial charge in [0.1, 0.15) is 5.75 Å². The summed E-state index contributed by atoms with van der Waals surface area (Å²) in [5.74, 6) is -1.03. The minimum Gasteiger partial charge on any atom is -0.872 e. The molecule has 0 bridgehead atoms. The summed E-state index contributed by atoms with van der Waals surface area (Å²) in [6.07, 6.45) is 0.756. The molecule has 2 heterocycles. The number of nitrogens with one attached hydrogen (secondary N) is 1. The lowest BCUT2D eigenvalue weighted by atomic mass is 9.97. The molecule has 1 N–H and O–H groups in total. The minimum atomic E-state index is -0.694. The fourth-order valence-corrected chi connectivity index (χ4v) is 4.45. The Labute approximate surface area is 175 Å². The molecular formula is C22H26N2O4S. The van der Waals surface area contributed by atoms with E-state index in [0.717, 1.165) is 17.8 Å². The van der Waals surface area contributed by atoms with Crippen molar-refractivity contribution >= 4 is 28.8 Å². The SMILES string of the molecule is COc1ccc(C([O-])=C2C(=O)C(=O)N(CCC[NH+](C)C)C2c2cccs2)c(C)c1. The van der Waals surface area contributed by atoms with Crippen molar-refractivity contribution in [2.45, 2.75) is 19.4 Å². The summed E-state index contributed by atoms with van der Waals surface area (Å²) in [5.41, 5.74) is 1.17. The highest BCUT2D eigenvalue weighted by Crippen LogP contribution is 2.40. The van der Waals surface area contributed by atoms with Gasteiger partial charge in [-0.1, -0.05) is 17.9 Å². The number of hydrogen-bond donors (Lipinski definition) is 1. The van der Waals surface area contributed by atoms with E-state index in [1.165, 1.54) is 16.2 Å². The van der Waals surface area contributed by atoms with E-state index in [2.05, 4.69) is 0 Å². The van der Waals surface area contributed by atoms with Gasteiger partial charge in [0.25, 0.3) is 5.91 Å². The lowest BCUT2D eigenvalue weighted by Gasteiger charge is -2.27. The van der Waals surface area contributed by atoms with Gasteiger partial charge in [0.2, 0.25) is 5.78 Å². The number of benzene rings is 1. The zero-order valence-electron chi connectivity index (χ0n) is 17.2. The number of hydrogen-bond acceptors (Lipinski definition) is 5. The average molecular weight is 415 g/mol. The van der Waals surface area contributed by atoms with Crippen molar-refractivity contribution in [2.24, 2.45) is 0 Å². The third kappa shape index (κ3) is 4.21. The van der Waals surface area contributed by atoms with Crippen LogP contribution >= 0.6 is 11.3 Å². The van der Waals surface area contributed by atoms with Crippen molar-refractivity contribution in [3.05, 3.63) is 57.3 Å². The van der Waals surface area contributed by atoms with Crippen LogP contribution in [0.2, 0.25) is 0 Å². The van der Waals surface area contributed by atoms with Crippen molar-refractivity contribution in [1.82, 2.24) is 4.90 Å². The van der Waals surface area contributed by atoms with E-state index in [0.29, 0.717) is 23.4 Å². The molecule has 0 spiro atoms. The number of amides is 1. The van der Waals surface area contributed by atoms with Gasteiger partial charge in [-0.3, -0.25) is 9.59 Å². The van der Waals surface area contributed by atoms with Crippen LogP contribution in [0.1, 0.15) is 28.5 Å². The van der Waals surface area contributed by atoms with Crippen LogP contribution in [0.25, 0.3) is 5.76 Å². The second-order valence-corrected chi connectivity index (χ2v) is 8.46. The molecule has 1 fully saturated rings. The number of ketones is 1. The summed E-state index contributed by atoms with van der Waals surface area (Å²) in [6, 6.07) is 8.23. The molecule has 0 aliphatic carbocycles. The van der Waals surface area contributed by atoms with Gasteiger partial charge in [-0.2, -0.15) is 0 Å². The summed E-state index contributed by atoms with van der Waals surface area (Å²) in [5, 5.41) is 15.3. The monoisotopic (exact) mass is 414 g/mol. The molecule has 1 unspecified atom stereocenters. The Bertz CT molecular complexity index is 934. The maximum absolute atomic E-state index is 13.4. The number of carbonyl (C=O) groups is 2. The van der Waals surface area contributed by atoms with Crippen LogP contribution in [0.15, 0.2) is 41.3 Å². The van der Waals surface area contributed by atoms with Crippen LogP contribution < -0.4 is 14.7 Å². The zero-order valence-corrected chi connectivity index (χ0v) is 18.0. The molecule has 0 radical (unpaired) electrons. The fourth-order valence-electron chi connectivity index (χ4n) is 3.61. The predicted molar refractivity (Wildman–Crippen MR) is 111 cm³/mol.